The normalized spacial score (nSPS) is 16.5. The van der Waals surface area contributed by atoms with Crippen molar-refractivity contribution in [2.75, 3.05) is 0 Å². The first-order valence-corrected chi connectivity index (χ1v) is 9.58. The summed E-state index contributed by atoms with van der Waals surface area (Å²) < 4.78 is 6.04. The number of rotatable bonds is 5. The molecule has 1 aliphatic carbocycles. The van der Waals surface area contributed by atoms with Crippen molar-refractivity contribution in [1.82, 2.24) is 15.5 Å². The molecule has 1 unspecified atom stereocenters. The third kappa shape index (κ3) is 3.97. The maximum Gasteiger partial charge on any atom is 0.247 e. The lowest BCUT2D eigenvalue weighted by atomic mass is 9.94. The molecule has 3 aromatic rings. The second kappa shape index (κ2) is 8.02. The number of halogens is 1. The number of nitrogens with one attached hydrogen (secondary N) is 1. The van der Waals surface area contributed by atoms with Crippen molar-refractivity contribution in [3.05, 3.63) is 71.1 Å². The predicted molar refractivity (Wildman–Crippen MR) is 103 cm³/mol. The van der Waals surface area contributed by atoms with Crippen LogP contribution in [0.5, 0.6) is 0 Å². The molecule has 4 nitrogen and oxygen atoms in total. The molecule has 26 heavy (non-hydrogen) atoms. The average Bonchev–Trinajstić information content (AvgIpc) is 3.17. The van der Waals surface area contributed by atoms with Crippen LogP contribution in [0.15, 0.2) is 59.0 Å². The Hall–Kier alpha value is -2.17. The molecule has 5 heteroatoms. The Kier molecular flexibility index (Phi) is 5.32. The lowest BCUT2D eigenvalue weighted by Gasteiger charge is -2.27. The summed E-state index contributed by atoms with van der Waals surface area (Å²) >= 11 is 6.23. The maximum absolute atomic E-state index is 6.23. The number of hydrogen-bond donors (Lipinski definition) is 1. The van der Waals surface area contributed by atoms with Gasteiger partial charge in [-0.05, 0) is 42.7 Å². The predicted octanol–water partition coefficient (Wildman–Crippen LogP) is 5.40. The Morgan fingerprint density at radius 1 is 0.962 bits per heavy atom. The van der Waals surface area contributed by atoms with Gasteiger partial charge in [0.2, 0.25) is 11.8 Å². The lowest BCUT2D eigenvalue weighted by Crippen LogP contribution is -2.35. The zero-order valence-electron chi connectivity index (χ0n) is 14.6. The van der Waals surface area contributed by atoms with Crippen molar-refractivity contribution in [1.29, 1.82) is 0 Å². The molecule has 0 radical (unpaired) electrons. The molecule has 0 saturated heterocycles. The number of nitrogens with zero attached hydrogens (tertiary/aromatic N) is 2. The van der Waals surface area contributed by atoms with Gasteiger partial charge in [0, 0.05) is 16.6 Å². The highest BCUT2D eigenvalue weighted by Crippen LogP contribution is 2.29. The molecule has 1 aliphatic rings. The Labute approximate surface area is 158 Å². The van der Waals surface area contributed by atoms with E-state index in [-0.39, 0.29) is 6.04 Å². The summed E-state index contributed by atoms with van der Waals surface area (Å²) in [6.07, 6.45) is 6.20. The summed E-state index contributed by atoms with van der Waals surface area (Å²) in [6.45, 7) is 0. The average molecular weight is 368 g/mol. The highest BCUT2D eigenvalue weighted by Gasteiger charge is 2.25. The maximum atomic E-state index is 6.23. The monoisotopic (exact) mass is 367 g/mol. The first-order chi connectivity index (χ1) is 12.8. The second-order valence-electron chi connectivity index (χ2n) is 6.80. The third-order valence-corrected chi connectivity index (χ3v) is 5.13. The number of aromatic nitrogens is 2. The van der Waals surface area contributed by atoms with Crippen LogP contribution in [-0.4, -0.2) is 16.2 Å². The fraction of sp³-hybridized carbons (Fsp3) is 0.333. The zero-order chi connectivity index (χ0) is 17.8. The van der Waals surface area contributed by atoms with Gasteiger partial charge in [-0.2, -0.15) is 0 Å². The Morgan fingerprint density at radius 2 is 1.77 bits per heavy atom. The van der Waals surface area contributed by atoms with E-state index in [0.717, 1.165) is 11.1 Å². The molecular weight excluding hydrogens is 346 g/mol. The molecule has 1 aromatic heterocycles. The molecular formula is C21H22ClN3O. The standard InChI is InChI=1S/C21H22ClN3O/c22-17-11-7-10-16(14-17)19(23-18-12-5-2-6-13-18)21-25-24-20(26-21)15-8-3-1-4-9-15/h1,3-4,7-11,14,18-19,23H,2,5-6,12-13H2. The van der Waals surface area contributed by atoms with Gasteiger partial charge in [0.1, 0.15) is 6.04 Å². The molecule has 4 rings (SSSR count). The summed E-state index contributed by atoms with van der Waals surface area (Å²) in [5.74, 6) is 1.12. The van der Waals surface area contributed by atoms with Gasteiger partial charge in [-0.25, -0.2) is 0 Å². The molecule has 1 heterocycles. The highest BCUT2D eigenvalue weighted by atomic mass is 35.5. The van der Waals surface area contributed by atoms with Crippen molar-refractivity contribution in [2.24, 2.45) is 0 Å². The van der Waals surface area contributed by atoms with Crippen LogP contribution in [0, 0.1) is 0 Å². The van der Waals surface area contributed by atoms with E-state index in [0.29, 0.717) is 22.8 Å². The van der Waals surface area contributed by atoms with Gasteiger partial charge in [-0.3, -0.25) is 5.32 Å². The van der Waals surface area contributed by atoms with E-state index < -0.39 is 0 Å². The summed E-state index contributed by atoms with van der Waals surface area (Å²) in [5, 5.41) is 13.0. The van der Waals surface area contributed by atoms with E-state index >= 15 is 0 Å². The number of hydrogen-bond acceptors (Lipinski definition) is 4. The van der Waals surface area contributed by atoms with Crippen LogP contribution in [0.4, 0.5) is 0 Å². The summed E-state index contributed by atoms with van der Waals surface area (Å²) in [4.78, 5) is 0. The smallest absolute Gasteiger partial charge is 0.247 e. The highest BCUT2D eigenvalue weighted by molar-refractivity contribution is 6.30. The van der Waals surface area contributed by atoms with Gasteiger partial charge in [0.15, 0.2) is 0 Å². The van der Waals surface area contributed by atoms with Gasteiger partial charge in [-0.15, -0.1) is 10.2 Å². The molecule has 1 atom stereocenters. The van der Waals surface area contributed by atoms with Crippen LogP contribution in [-0.2, 0) is 0 Å². The van der Waals surface area contributed by atoms with E-state index in [4.69, 9.17) is 16.0 Å². The van der Waals surface area contributed by atoms with Gasteiger partial charge in [0.05, 0.1) is 0 Å². The molecule has 0 spiro atoms. The fourth-order valence-electron chi connectivity index (χ4n) is 3.55. The van der Waals surface area contributed by atoms with Crippen molar-refractivity contribution in [3.63, 3.8) is 0 Å². The van der Waals surface area contributed by atoms with Gasteiger partial charge < -0.3 is 4.42 Å². The Balaban J connectivity index is 1.65. The van der Waals surface area contributed by atoms with Crippen LogP contribution < -0.4 is 5.32 Å². The molecule has 1 fully saturated rings. The molecule has 0 aliphatic heterocycles. The number of benzene rings is 2. The SMILES string of the molecule is Clc1cccc(C(NC2CCCCC2)c2nnc(-c3ccccc3)o2)c1. The molecule has 2 aromatic carbocycles. The molecule has 0 bridgehead atoms. The first kappa shape index (κ1) is 17.3. The van der Waals surface area contributed by atoms with Crippen molar-refractivity contribution >= 4 is 11.6 Å². The summed E-state index contributed by atoms with van der Waals surface area (Å²) in [5.41, 5.74) is 1.97. The molecule has 134 valence electrons. The zero-order valence-corrected chi connectivity index (χ0v) is 15.3. The van der Waals surface area contributed by atoms with Crippen LogP contribution in [0.3, 0.4) is 0 Å². The first-order valence-electron chi connectivity index (χ1n) is 9.20. The minimum Gasteiger partial charge on any atom is -0.419 e. The van der Waals surface area contributed by atoms with Crippen molar-refractivity contribution in [3.8, 4) is 11.5 Å². The topological polar surface area (TPSA) is 51.0 Å². The van der Waals surface area contributed by atoms with Crippen LogP contribution in [0.25, 0.3) is 11.5 Å². The quantitative estimate of drug-likeness (QED) is 0.655. The third-order valence-electron chi connectivity index (χ3n) is 4.90. The minimum atomic E-state index is -0.151. The van der Waals surface area contributed by atoms with Gasteiger partial charge >= 0.3 is 0 Å². The molecule has 1 saturated carbocycles. The van der Waals surface area contributed by atoms with Crippen molar-refractivity contribution < 1.29 is 4.42 Å². The summed E-state index contributed by atoms with van der Waals surface area (Å²) in [6, 6.07) is 18.0. The lowest BCUT2D eigenvalue weighted by molar-refractivity contribution is 0.329. The minimum absolute atomic E-state index is 0.151. The van der Waals surface area contributed by atoms with Crippen LogP contribution in [0.1, 0.15) is 49.6 Å². The van der Waals surface area contributed by atoms with Gasteiger partial charge in [-0.1, -0.05) is 61.2 Å². The molecule has 0 amide bonds. The van der Waals surface area contributed by atoms with Crippen LogP contribution >= 0.6 is 11.6 Å². The van der Waals surface area contributed by atoms with E-state index in [1.165, 1.54) is 32.1 Å². The summed E-state index contributed by atoms with van der Waals surface area (Å²) in [7, 11) is 0. The fourth-order valence-corrected chi connectivity index (χ4v) is 3.75. The van der Waals surface area contributed by atoms with Gasteiger partial charge in [0.25, 0.3) is 0 Å². The van der Waals surface area contributed by atoms with Crippen LogP contribution in [0.2, 0.25) is 5.02 Å². The Morgan fingerprint density at radius 3 is 2.54 bits per heavy atom. The largest absolute Gasteiger partial charge is 0.419 e. The second-order valence-corrected chi connectivity index (χ2v) is 7.24. The Bertz CT molecular complexity index is 843. The van der Waals surface area contributed by atoms with E-state index in [2.05, 4.69) is 21.6 Å². The van der Waals surface area contributed by atoms with E-state index in [9.17, 15) is 0 Å². The van der Waals surface area contributed by atoms with E-state index in [1.54, 1.807) is 0 Å². The van der Waals surface area contributed by atoms with E-state index in [1.807, 2.05) is 48.5 Å². The van der Waals surface area contributed by atoms with Crippen molar-refractivity contribution in [2.45, 2.75) is 44.2 Å². The molecule has 1 N–H and O–H groups in total.